The second kappa shape index (κ2) is 5.30. The fraction of sp³-hybridized carbons (Fsp3) is 0.154. The van der Waals surface area contributed by atoms with Gasteiger partial charge in [0.15, 0.2) is 5.54 Å². The van der Waals surface area contributed by atoms with Crippen molar-refractivity contribution in [1.29, 1.82) is 0 Å². The first-order chi connectivity index (χ1) is 7.65. The van der Waals surface area contributed by atoms with Gasteiger partial charge in [0.2, 0.25) is 0 Å². The summed E-state index contributed by atoms with van der Waals surface area (Å²) in [5, 5.41) is 12.3. The number of nitrogens with one attached hydrogen (secondary N) is 1. The van der Waals surface area contributed by atoms with E-state index in [1.807, 2.05) is 31.2 Å². The molecule has 2 N–H and O–H groups in total. The first kappa shape index (κ1) is 13.7. The van der Waals surface area contributed by atoms with Crippen LogP contribution >= 0.6 is 0 Å². The Morgan fingerprint density at radius 2 is 2.12 bits per heavy atom. The largest absolute Gasteiger partial charge is 3.00 e. The summed E-state index contributed by atoms with van der Waals surface area (Å²) < 4.78 is 0. The van der Waals surface area contributed by atoms with Crippen LogP contribution in [0.2, 0.25) is 0 Å². The van der Waals surface area contributed by atoms with Gasteiger partial charge in [-0.15, -0.1) is 0 Å². The molecule has 1 aliphatic rings. The van der Waals surface area contributed by atoms with E-state index in [4.69, 9.17) is 0 Å². The van der Waals surface area contributed by atoms with E-state index in [1.54, 1.807) is 24.4 Å². The smallest absolute Gasteiger partial charge is 0.479 e. The summed E-state index contributed by atoms with van der Waals surface area (Å²) in [6.45, 7) is 1.95. The maximum absolute atomic E-state index is 11.4. The van der Waals surface area contributed by atoms with Gasteiger partial charge in [0.05, 0.1) is 0 Å². The first-order valence-electron chi connectivity index (χ1n) is 5.08. The van der Waals surface area contributed by atoms with Crippen LogP contribution in [0.4, 0.5) is 0 Å². The maximum atomic E-state index is 11.4. The Hall–Kier alpha value is -1.38. The Labute approximate surface area is 114 Å². The molecule has 4 heteroatoms. The predicted molar refractivity (Wildman–Crippen MR) is 61.9 cm³/mol. The molecule has 0 bridgehead atoms. The van der Waals surface area contributed by atoms with E-state index in [-0.39, 0.29) is 20.1 Å². The summed E-state index contributed by atoms with van der Waals surface area (Å²) in [4.78, 5) is 11.4. The quantitative estimate of drug-likeness (QED) is 0.788. The summed E-state index contributed by atoms with van der Waals surface area (Å²) in [7, 11) is 0. The molecule has 0 saturated carbocycles. The number of carbonyl (C=O) groups is 1. The predicted octanol–water partition coefficient (Wildman–Crippen LogP) is 1.95. The van der Waals surface area contributed by atoms with Crippen LogP contribution < -0.4 is 5.32 Å². The molecule has 0 spiro atoms. The fourth-order valence-electron chi connectivity index (χ4n) is 1.81. The molecule has 1 atom stereocenters. The molecule has 3 nitrogen and oxygen atoms in total. The van der Waals surface area contributed by atoms with Gasteiger partial charge in [-0.05, 0) is 30.8 Å². The number of dihydropyridines is 1. The molecule has 1 aromatic carbocycles. The molecular formula is C13H13IrNO2+3. The zero-order valence-corrected chi connectivity index (χ0v) is 11.7. The van der Waals surface area contributed by atoms with E-state index in [1.165, 1.54) is 0 Å². The maximum Gasteiger partial charge on any atom is 3.00 e. The van der Waals surface area contributed by atoms with Crippen LogP contribution in [0.25, 0.3) is 0 Å². The summed E-state index contributed by atoms with van der Waals surface area (Å²) in [5.74, 6) is -0.904. The summed E-state index contributed by atoms with van der Waals surface area (Å²) in [6, 6.07) is 7.51. The number of hydrogen-bond donors (Lipinski definition) is 2. The summed E-state index contributed by atoms with van der Waals surface area (Å²) in [6.07, 6.45) is 6.82. The van der Waals surface area contributed by atoms with Crippen molar-refractivity contribution >= 4 is 5.97 Å². The Morgan fingerprint density at radius 3 is 2.65 bits per heavy atom. The van der Waals surface area contributed by atoms with E-state index in [0.29, 0.717) is 0 Å². The number of allylic oxidation sites excluding steroid dienone is 2. The van der Waals surface area contributed by atoms with Crippen molar-refractivity contribution in [2.75, 3.05) is 0 Å². The average Bonchev–Trinajstić information content (AvgIpc) is 2.30. The molecule has 1 heterocycles. The Balaban J connectivity index is 0.00000144. The molecule has 0 amide bonds. The van der Waals surface area contributed by atoms with Gasteiger partial charge in [-0.3, -0.25) is 0 Å². The van der Waals surface area contributed by atoms with Gasteiger partial charge in [0.25, 0.3) is 0 Å². The van der Waals surface area contributed by atoms with Crippen molar-refractivity contribution in [2.45, 2.75) is 12.5 Å². The minimum atomic E-state index is -1.14. The van der Waals surface area contributed by atoms with E-state index in [0.717, 1.165) is 11.1 Å². The molecule has 0 radical (unpaired) electrons. The van der Waals surface area contributed by atoms with Crippen molar-refractivity contribution in [3.63, 3.8) is 0 Å². The Bertz CT molecular complexity index is 482. The van der Waals surface area contributed by atoms with Gasteiger partial charge >= 0.3 is 26.1 Å². The van der Waals surface area contributed by atoms with Crippen LogP contribution in [0.3, 0.4) is 0 Å². The van der Waals surface area contributed by atoms with Gasteiger partial charge in [-0.2, -0.15) is 0 Å². The normalized spacial score (nSPS) is 21.5. The number of aliphatic carboxylic acids is 1. The number of benzene rings is 1. The van der Waals surface area contributed by atoms with Crippen LogP contribution in [-0.2, 0) is 30.4 Å². The molecule has 1 aromatic rings. The molecule has 1 aliphatic heterocycles. The van der Waals surface area contributed by atoms with Crippen LogP contribution in [0.15, 0.2) is 48.7 Å². The van der Waals surface area contributed by atoms with Crippen LogP contribution in [0.1, 0.15) is 11.1 Å². The minimum absolute atomic E-state index is 0. The number of carboxylic acids is 1. The van der Waals surface area contributed by atoms with Crippen LogP contribution in [0.5, 0.6) is 0 Å². The van der Waals surface area contributed by atoms with Crippen molar-refractivity contribution < 1.29 is 30.0 Å². The van der Waals surface area contributed by atoms with E-state index in [2.05, 4.69) is 5.32 Å². The van der Waals surface area contributed by atoms with E-state index < -0.39 is 11.5 Å². The second-order valence-corrected chi connectivity index (χ2v) is 3.85. The summed E-state index contributed by atoms with van der Waals surface area (Å²) >= 11 is 0. The minimum Gasteiger partial charge on any atom is -0.479 e. The van der Waals surface area contributed by atoms with Gasteiger partial charge in [0.1, 0.15) is 0 Å². The molecule has 88 valence electrons. The number of rotatable bonds is 2. The molecular weight excluding hydrogens is 394 g/mol. The zero-order valence-electron chi connectivity index (χ0n) is 9.31. The molecule has 2 rings (SSSR count). The second-order valence-electron chi connectivity index (χ2n) is 3.85. The Morgan fingerprint density at radius 1 is 1.35 bits per heavy atom. The molecule has 17 heavy (non-hydrogen) atoms. The topological polar surface area (TPSA) is 49.3 Å². The number of hydrogen-bond acceptors (Lipinski definition) is 2. The Kier molecular flexibility index (Phi) is 4.27. The molecule has 0 saturated heterocycles. The van der Waals surface area contributed by atoms with Crippen LogP contribution in [0, 0.1) is 6.92 Å². The third-order valence-corrected chi connectivity index (χ3v) is 2.68. The average molecular weight is 407 g/mol. The van der Waals surface area contributed by atoms with E-state index in [9.17, 15) is 9.90 Å². The van der Waals surface area contributed by atoms with Crippen molar-refractivity contribution in [2.24, 2.45) is 0 Å². The fourth-order valence-corrected chi connectivity index (χ4v) is 1.81. The van der Waals surface area contributed by atoms with Crippen molar-refractivity contribution in [3.8, 4) is 0 Å². The zero-order chi connectivity index (χ0) is 11.6. The van der Waals surface area contributed by atoms with E-state index >= 15 is 0 Å². The van der Waals surface area contributed by atoms with Gasteiger partial charge in [-0.1, -0.05) is 35.9 Å². The third-order valence-electron chi connectivity index (χ3n) is 2.68. The molecule has 1 unspecified atom stereocenters. The number of aryl methyl sites for hydroxylation is 1. The van der Waals surface area contributed by atoms with Crippen molar-refractivity contribution in [3.05, 3.63) is 59.8 Å². The molecule has 0 aromatic heterocycles. The standard InChI is InChI=1S/C13H13NO2.Ir/c1-10-5-4-6-11(9-10)13(12(15)16)7-2-3-8-14-13;/h2-9,14H,1H3,(H,15,16);/q;+3. The first-order valence-corrected chi connectivity index (χ1v) is 5.08. The summed E-state index contributed by atoms with van der Waals surface area (Å²) in [5.41, 5.74) is 0.643. The number of carboxylic acid groups (broad SMARTS) is 1. The van der Waals surface area contributed by atoms with Gasteiger partial charge < -0.3 is 10.4 Å². The third kappa shape index (κ3) is 2.48. The SMILES string of the molecule is Cc1cccc(C2(C(=O)O)C=CC=CN2)c1.[Ir+3]. The molecule has 0 fully saturated rings. The van der Waals surface area contributed by atoms with Crippen LogP contribution in [-0.4, -0.2) is 11.1 Å². The monoisotopic (exact) mass is 408 g/mol. The van der Waals surface area contributed by atoms with Gasteiger partial charge in [-0.25, -0.2) is 4.79 Å². The van der Waals surface area contributed by atoms with Crippen molar-refractivity contribution in [1.82, 2.24) is 5.32 Å². The molecule has 0 aliphatic carbocycles. The van der Waals surface area contributed by atoms with Gasteiger partial charge in [0, 0.05) is 0 Å².